The van der Waals surface area contributed by atoms with Crippen LogP contribution >= 0.6 is 34.2 Å². The first-order valence-electron chi connectivity index (χ1n) is 6.94. The molecule has 0 aromatic carbocycles. The van der Waals surface area contributed by atoms with Crippen LogP contribution < -0.4 is 0 Å². The first-order chi connectivity index (χ1) is 9.69. The highest BCUT2D eigenvalue weighted by Crippen LogP contribution is 2.37. The zero-order valence-electron chi connectivity index (χ0n) is 11.3. The van der Waals surface area contributed by atoms with Crippen LogP contribution in [0.15, 0.2) is 12.4 Å². The fraction of sp³-hybridized carbons (Fsp3) is 0.500. The van der Waals surface area contributed by atoms with E-state index < -0.39 is 0 Å². The van der Waals surface area contributed by atoms with E-state index in [-0.39, 0.29) is 0 Å². The van der Waals surface area contributed by atoms with Gasteiger partial charge in [0.2, 0.25) is 0 Å². The third kappa shape index (κ3) is 2.70. The Hall–Kier alpha value is -0.690. The van der Waals surface area contributed by atoms with Crippen LogP contribution in [0, 0.1) is 3.57 Å². The highest BCUT2D eigenvalue weighted by atomic mass is 127. The minimum atomic E-state index is 0.530. The molecule has 106 valence electrons. The molecule has 3 rings (SSSR count). The van der Waals surface area contributed by atoms with E-state index in [2.05, 4.69) is 39.6 Å². The second-order valence-corrected chi connectivity index (χ2v) is 6.54. The van der Waals surface area contributed by atoms with Crippen molar-refractivity contribution < 1.29 is 0 Å². The predicted octanol–water partition coefficient (Wildman–Crippen LogP) is 4.28. The second-order valence-electron chi connectivity index (χ2n) is 5.10. The van der Waals surface area contributed by atoms with Gasteiger partial charge in [0, 0.05) is 18.7 Å². The molecule has 0 aliphatic heterocycles. The van der Waals surface area contributed by atoms with E-state index in [0.717, 1.165) is 21.4 Å². The van der Waals surface area contributed by atoms with Gasteiger partial charge in [-0.3, -0.25) is 4.68 Å². The maximum atomic E-state index is 6.30. The van der Waals surface area contributed by atoms with Crippen LogP contribution in [0.1, 0.15) is 44.2 Å². The van der Waals surface area contributed by atoms with Crippen LogP contribution in [0.2, 0.25) is 5.15 Å². The van der Waals surface area contributed by atoms with Crippen molar-refractivity contribution in [3.8, 4) is 11.4 Å². The summed E-state index contributed by atoms with van der Waals surface area (Å²) < 4.78 is 2.88. The molecule has 2 heterocycles. The SMILES string of the molecule is CCn1cc(-c2nc(Cl)c(I)c(C3CCCC3)n2)cn1. The summed E-state index contributed by atoms with van der Waals surface area (Å²) in [5, 5.41) is 4.84. The molecule has 4 nitrogen and oxygen atoms in total. The molecule has 0 spiro atoms. The minimum Gasteiger partial charge on any atom is -0.272 e. The number of hydrogen-bond donors (Lipinski definition) is 0. The lowest BCUT2D eigenvalue weighted by Crippen LogP contribution is -2.04. The molecule has 0 radical (unpaired) electrons. The highest BCUT2D eigenvalue weighted by molar-refractivity contribution is 14.1. The molecule has 0 atom stereocenters. The van der Waals surface area contributed by atoms with Gasteiger partial charge in [-0.1, -0.05) is 24.4 Å². The zero-order valence-corrected chi connectivity index (χ0v) is 14.2. The van der Waals surface area contributed by atoms with Gasteiger partial charge in [-0.15, -0.1) is 0 Å². The Kier molecular flexibility index (Phi) is 4.26. The second kappa shape index (κ2) is 5.97. The van der Waals surface area contributed by atoms with E-state index in [1.807, 2.05) is 10.9 Å². The summed E-state index contributed by atoms with van der Waals surface area (Å²) in [6.07, 6.45) is 8.75. The molecule has 20 heavy (non-hydrogen) atoms. The molecule has 1 aliphatic carbocycles. The first-order valence-corrected chi connectivity index (χ1v) is 8.40. The summed E-state index contributed by atoms with van der Waals surface area (Å²) in [5.74, 6) is 1.22. The van der Waals surface area contributed by atoms with Gasteiger partial charge in [0.25, 0.3) is 0 Å². The van der Waals surface area contributed by atoms with Gasteiger partial charge < -0.3 is 0 Å². The molecule has 2 aromatic heterocycles. The van der Waals surface area contributed by atoms with E-state index in [9.17, 15) is 0 Å². The van der Waals surface area contributed by atoms with Crippen molar-refractivity contribution in [1.29, 1.82) is 0 Å². The molecule has 0 amide bonds. The van der Waals surface area contributed by atoms with Crippen LogP contribution in [0.4, 0.5) is 0 Å². The monoisotopic (exact) mass is 402 g/mol. The number of halogens is 2. The largest absolute Gasteiger partial charge is 0.272 e. The molecule has 1 aliphatic rings. The van der Waals surface area contributed by atoms with Gasteiger partial charge in [0.15, 0.2) is 5.82 Å². The van der Waals surface area contributed by atoms with Gasteiger partial charge in [-0.25, -0.2) is 9.97 Å². The average Bonchev–Trinajstić information content (AvgIpc) is 3.11. The third-order valence-electron chi connectivity index (χ3n) is 3.79. The fourth-order valence-corrected chi connectivity index (χ4v) is 3.55. The molecule has 1 fully saturated rings. The number of aryl methyl sites for hydroxylation is 1. The predicted molar refractivity (Wildman–Crippen MR) is 87.9 cm³/mol. The van der Waals surface area contributed by atoms with E-state index >= 15 is 0 Å². The molecule has 0 N–H and O–H groups in total. The Balaban J connectivity index is 2.03. The van der Waals surface area contributed by atoms with Gasteiger partial charge >= 0.3 is 0 Å². The van der Waals surface area contributed by atoms with Crippen molar-refractivity contribution in [3.63, 3.8) is 0 Å². The molecule has 0 bridgehead atoms. The summed E-state index contributed by atoms with van der Waals surface area (Å²) in [5.41, 5.74) is 2.05. The van der Waals surface area contributed by atoms with Crippen molar-refractivity contribution in [2.24, 2.45) is 0 Å². The van der Waals surface area contributed by atoms with E-state index in [1.165, 1.54) is 25.7 Å². The molecular weight excluding hydrogens is 387 g/mol. The molecular formula is C14H16ClIN4. The molecule has 0 saturated heterocycles. The number of nitrogens with zero attached hydrogens (tertiary/aromatic N) is 4. The van der Waals surface area contributed by atoms with Gasteiger partial charge in [-0.2, -0.15) is 5.10 Å². The van der Waals surface area contributed by atoms with Crippen LogP contribution in [-0.4, -0.2) is 19.7 Å². The van der Waals surface area contributed by atoms with Crippen molar-refractivity contribution in [2.75, 3.05) is 0 Å². The Bertz CT molecular complexity index is 620. The fourth-order valence-electron chi connectivity index (χ4n) is 2.69. The summed E-state index contributed by atoms with van der Waals surface area (Å²) in [7, 11) is 0. The normalized spacial score (nSPS) is 15.9. The van der Waals surface area contributed by atoms with Crippen molar-refractivity contribution in [3.05, 3.63) is 26.8 Å². The minimum absolute atomic E-state index is 0.530. The lowest BCUT2D eigenvalue weighted by molar-refractivity contribution is 0.660. The average molecular weight is 403 g/mol. The van der Waals surface area contributed by atoms with Crippen molar-refractivity contribution in [1.82, 2.24) is 19.7 Å². The summed E-state index contributed by atoms with van der Waals surface area (Å²) in [6, 6.07) is 0. The molecule has 1 saturated carbocycles. The summed E-state index contributed by atoms with van der Waals surface area (Å²) in [4.78, 5) is 9.19. The number of hydrogen-bond acceptors (Lipinski definition) is 3. The van der Waals surface area contributed by atoms with Gasteiger partial charge in [0.1, 0.15) is 5.15 Å². The summed E-state index contributed by atoms with van der Waals surface area (Å²) >= 11 is 8.57. The Morgan fingerprint density at radius 1 is 1.35 bits per heavy atom. The van der Waals surface area contributed by atoms with Crippen LogP contribution in [0.25, 0.3) is 11.4 Å². The number of aromatic nitrogens is 4. The Morgan fingerprint density at radius 2 is 2.10 bits per heavy atom. The van der Waals surface area contributed by atoms with E-state index in [0.29, 0.717) is 16.9 Å². The zero-order chi connectivity index (χ0) is 14.1. The lowest BCUT2D eigenvalue weighted by atomic mass is 10.0. The molecule has 2 aromatic rings. The highest BCUT2D eigenvalue weighted by Gasteiger charge is 2.24. The van der Waals surface area contributed by atoms with Gasteiger partial charge in [-0.05, 0) is 42.4 Å². The molecule has 6 heteroatoms. The standard InChI is InChI=1S/C14H16ClIN4/c1-2-20-8-10(7-17-20)14-18-12(9-5-3-4-6-9)11(16)13(15)19-14/h7-9H,2-6H2,1H3. The smallest absolute Gasteiger partial charge is 0.164 e. The maximum Gasteiger partial charge on any atom is 0.164 e. The van der Waals surface area contributed by atoms with Crippen LogP contribution in [-0.2, 0) is 6.54 Å². The maximum absolute atomic E-state index is 6.30. The van der Waals surface area contributed by atoms with Crippen molar-refractivity contribution >= 4 is 34.2 Å². The number of rotatable bonds is 3. The molecule has 0 unspecified atom stereocenters. The van der Waals surface area contributed by atoms with Crippen molar-refractivity contribution in [2.45, 2.75) is 45.1 Å². The van der Waals surface area contributed by atoms with Crippen LogP contribution in [0.5, 0.6) is 0 Å². The van der Waals surface area contributed by atoms with Gasteiger partial charge in [0.05, 0.1) is 21.0 Å². The Labute approximate surface area is 137 Å². The quantitative estimate of drug-likeness (QED) is 0.569. The third-order valence-corrected chi connectivity index (χ3v) is 5.45. The Morgan fingerprint density at radius 3 is 2.75 bits per heavy atom. The van der Waals surface area contributed by atoms with E-state index in [4.69, 9.17) is 16.6 Å². The topological polar surface area (TPSA) is 43.6 Å². The van der Waals surface area contributed by atoms with Crippen LogP contribution in [0.3, 0.4) is 0 Å². The van der Waals surface area contributed by atoms with E-state index in [1.54, 1.807) is 6.20 Å². The first kappa shape index (κ1) is 14.3. The summed E-state index contributed by atoms with van der Waals surface area (Å²) in [6.45, 7) is 2.90. The lowest BCUT2D eigenvalue weighted by Gasteiger charge is -2.12.